The van der Waals surface area contributed by atoms with Gasteiger partial charge in [-0.05, 0) is 0 Å². The number of aromatic nitrogens is 2. The summed E-state index contributed by atoms with van der Waals surface area (Å²) in [5, 5.41) is 12.3. The average molecular weight is 484 g/mol. The van der Waals surface area contributed by atoms with Crippen molar-refractivity contribution in [1.29, 1.82) is 0 Å². The van der Waals surface area contributed by atoms with Gasteiger partial charge in [-0.2, -0.15) is 0 Å². The number of hydrogen-bond donors (Lipinski definition) is 1. The molecule has 0 bridgehead atoms. The predicted molar refractivity (Wildman–Crippen MR) is 109 cm³/mol. The molecule has 1 amide bonds. The Morgan fingerprint density at radius 3 is 2.78 bits per heavy atom. The van der Waals surface area contributed by atoms with Crippen LogP contribution in [0.3, 0.4) is 0 Å². The third-order valence-electron chi connectivity index (χ3n) is 3.74. The number of benzene rings is 2. The number of rotatable bonds is 5. The van der Waals surface area contributed by atoms with Gasteiger partial charge in [0.1, 0.15) is 0 Å². The third-order valence-corrected chi connectivity index (χ3v) is 9.43. The Kier molecular flexibility index (Phi) is 5.56. The summed E-state index contributed by atoms with van der Waals surface area (Å²) in [6, 6.07) is 14.7. The van der Waals surface area contributed by atoms with Gasteiger partial charge in [0.05, 0.1) is 0 Å². The van der Waals surface area contributed by atoms with E-state index in [2.05, 4.69) is 15.5 Å². The first kappa shape index (κ1) is 18.6. The van der Waals surface area contributed by atoms with Crippen LogP contribution in [0.1, 0.15) is 5.56 Å². The summed E-state index contributed by atoms with van der Waals surface area (Å²) in [6.45, 7) is 0.584. The van der Waals surface area contributed by atoms with Gasteiger partial charge in [0.15, 0.2) is 0 Å². The number of hydrogen-bond acceptors (Lipinski definition) is 6. The first-order chi connectivity index (χ1) is 13.1. The van der Waals surface area contributed by atoms with E-state index in [1.807, 2.05) is 28.2 Å². The molecule has 1 aliphatic rings. The van der Waals surface area contributed by atoms with Gasteiger partial charge >= 0.3 is 162 Å². The van der Waals surface area contributed by atoms with Crippen LogP contribution in [0.2, 0.25) is 5.02 Å². The van der Waals surface area contributed by atoms with E-state index >= 15 is 0 Å². The first-order valence-electron chi connectivity index (χ1n) is 7.89. The molecule has 1 atom stereocenters. The summed E-state index contributed by atoms with van der Waals surface area (Å²) in [4.78, 5) is 12.1. The summed E-state index contributed by atoms with van der Waals surface area (Å²) in [7, 11) is 0. The molecule has 1 unspecified atom stereocenters. The second kappa shape index (κ2) is 8.08. The Labute approximate surface area is 173 Å². The quantitative estimate of drug-likeness (QED) is 0.444. The molecule has 0 saturated carbocycles. The van der Waals surface area contributed by atoms with Crippen molar-refractivity contribution in [1.82, 2.24) is 10.2 Å². The molecule has 27 heavy (non-hydrogen) atoms. The van der Waals surface area contributed by atoms with Crippen LogP contribution >= 0.6 is 34.7 Å². The molecule has 4 rings (SSSR count). The fraction of sp³-hybridized carbons (Fsp3) is 0.118. The molecule has 6 nitrogen and oxygen atoms in total. The first-order valence-corrected chi connectivity index (χ1v) is 12.4. The maximum absolute atomic E-state index is 12.7. The number of thioether (sulfide) groups is 1. The van der Waals surface area contributed by atoms with Crippen molar-refractivity contribution in [3.05, 3.63) is 59.1 Å². The van der Waals surface area contributed by atoms with Crippen LogP contribution in [0.25, 0.3) is 0 Å². The number of anilines is 2. The average Bonchev–Trinajstić information content (AvgIpc) is 3.27. The van der Waals surface area contributed by atoms with Gasteiger partial charge in [-0.3, -0.25) is 0 Å². The van der Waals surface area contributed by atoms with Crippen molar-refractivity contribution in [2.75, 3.05) is 15.0 Å². The van der Waals surface area contributed by atoms with E-state index in [0.717, 1.165) is 10.0 Å². The van der Waals surface area contributed by atoms with Crippen LogP contribution in [0, 0.1) is 0 Å². The summed E-state index contributed by atoms with van der Waals surface area (Å²) >= 11 is 6.17. The Balaban J connectivity index is 1.35. The van der Waals surface area contributed by atoms with Crippen molar-refractivity contribution < 1.29 is 8.63 Å². The second-order valence-electron chi connectivity index (χ2n) is 5.59. The topological polar surface area (TPSA) is 75.2 Å². The molecule has 138 valence electrons. The molecular formula is C17H13ClN4O2S2Se. The van der Waals surface area contributed by atoms with Gasteiger partial charge in [0.2, 0.25) is 0 Å². The normalized spacial score (nSPS) is 15.6. The minimum atomic E-state index is -2.32. The van der Waals surface area contributed by atoms with E-state index < -0.39 is 14.1 Å². The Morgan fingerprint density at radius 2 is 2.00 bits per heavy atom. The molecular weight excluding hydrogens is 471 g/mol. The molecule has 10 heteroatoms. The summed E-state index contributed by atoms with van der Waals surface area (Å²) in [5.41, 5.74) is 1.77. The fourth-order valence-corrected chi connectivity index (χ4v) is 7.32. The van der Waals surface area contributed by atoms with Crippen molar-refractivity contribution in [3.63, 3.8) is 0 Å². The van der Waals surface area contributed by atoms with Gasteiger partial charge in [-0.15, -0.1) is 0 Å². The van der Waals surface area contributed by atoms with E-state index in [9.17, 15) is 8.63 Å². The number of carbonyl (C=O) groups is 1. The van der Waals surface area contributed by atoms with E-state index in [-0.39, 0.29) is 11.7 Å². The van der Waals surface area contributed by atoms with Crippen LogP contribution in [0.4, 0.5) is 10.8 Å². The number of fused-ring (bicyclic) bond motifs is 1. The Morgan fingerprint density at radius 1 is 1.22 bits per heavy atom. The third kappa shape index (κ3) is 4.23. The molecule has 0 spiro atoms. The SMILES string of the molecule is O=C(CSc1nnc(N2Cc3ccccc3[Se]2=O)s1)Nc1ccc(Cl)cc1. The van der Waals surface area contributed by atoms with Gasteiger partial charge in [0.25, 0.3) is 0 Å². The number of halogens is 1. The zero-order valence-electron chi connectivity index (χ0n) is 13.8. The molecule has 1 aliphatic heterocycles. The van der Waals surface area contributed by atoms with Gasteiger partial charge in [-0.25, -0.2) is 0 Å². The van der Waals surface area contributed by atoms with Crippen LogP contribution in [-0.2, 0) is 15.2 Å². The Hall–Kier alpha value is -1.77. The van der Waals surface area contributed by atoms with Crippen LogP contribution in [0.15, 0.2) is 52.9 Å². The number of carbonyl (C=O) groups excluding carboxylic acids is 1. The standard InChI is InChI=1S/C17H13ClN4O2S2Se/c18-12-5-7-13(8-6-12)19-15(23)10-25-17-21-20-16(26-17)22-9-11-3-1-2-4-14(11)27(22)24/h1-8H,9-10H2,(H,19,23). The van der Waals surface area contributed by atoms with Crippen LogP contribution in [0.5, 0.6) is 0 Å². The number of nitrogens with zero attached hydrogens (tertiary/aromatic N) is 3. The predicted octanol–water partition coefficient (Wildman–Crippen LogP) is 3.07. The molecule has 0 radical (unpaired) electrons. The van der Waals surface area contributed by atoms with Crippen molar-refractivity contribution in [2.45, 2.75) is 10.9 Å². The fourth-order valence-electron chi connectivity index (χ4n) is 2.49. The monoisotopic (exact) mass is 484 g/mol. The van der Waals surface area contributed by atoms with Crippen molar-refractivity contribution in [3.8, 4) is 0 Å². The zero-order valence-corrected chi connectivity index (χ0v) is 17.9. The van der Waals surface area contributed by atoms with Crippen molar-refractivity contribution >= 4 is 69.9 Å². The maximum atomic E-state index is 12.7. The Bertz CT molecular complexity index is 1010. The molecule has 2 heterocycles. The van der Waals surface area contributed by atoms with Crippen molar-refractivity contribution in [2.24, 2.45) is 0 Å². The van der Waals surface area contributed by atoms with E-state index in [1.54, 1.807) is 24.3 Å². The number of nitrogens with one attached hydrogen (secondary N) is 1. The summed E-state index contributed by atoms with van der Waals surface area (Å²) < 4.78 is 16.1. The molecule has 0 saturated heterocycles. The van der Waals surface area contributed by atoms with E-state index in [1.165, 1.54) is 23.1 Å². The van der Waals surface area contributed by atoms with Gasteiger partial charge in [-0.1, -0.05) is 11.6 Å². The molecule has 0 aliphatic carbocycles. The zero-order chi connectivity index (χ0) is 18.8. The van der Waals surface area contributed by atoms with Gasteiger partial charge < -0.3 is 0 Å². The summed E-state index contributed by atoms with van der Waals surface area (Å²) in [6.07, 6.45) is 0. The minimum absolute atomic E-state index is 0.136. The second-order valence-corrected chi connectivity index (χ2v) is 11.1. The molecule has 1 aromatic heterocycles. The number of amides is 1. The molecule has 0 fully saturated rings. The molecule has 2 aromatic carbocycles. The van der Waals surface area contributed by atoms with E-state index in [0.29, 0.717) is 26.7 Å². The van der Waals surface area contributed by atoms with E-state index in [4.69, 9.17) is 11.6 Å². The van der Waals surface area contributed by atoms with Gasteiger partial charge in [0, 0.05) is 0 Å². The molecule has 1 N–H and O–H groups in total. The summed E-state index contributed by atoms with van der Waals surface area (Å²) in [5.74, 6) is 0.0805. The van der Waals surface area contributed by atoms with Crippen LogP contribution in [-0.4, -0.2) is 35.9 Å². The van der Waals surface area contributed by atoms with Crippen LogP contribution < -0.4 is 13.7 Å². The molecule has 3 aromatic rings.